The van der Waals surface area contributed by atoms with Crippen molar-refractivity contribution in [3.63, 3.8) is 0 Å². The van der Waals surface area contributed by atoms with Crippen LogP contribution >= 0.6 is 0 Å². The maximum atomic E-state index is 13.1. The number of piperidine rings is 1. The van der Waals surface area contributed by atoms with Crippen LogP contribution in [0.1, 0.15) is 49.4 Å². The molecule has 0 bridgehead atoms. The molecule has 174 valence electrons. The van der Waals surface area contributed by atoms with Crippen LogP contribution in [-0.2, 0) is 11.0 Å². The summed E-state index contributed by atoms with van der Waals surface area (Å²) < 4.78 is 50.6. The molecule has 3 rings (SSSR count). The molecule has 2 aromatic carbocycles. The van der Waals surface area contributed by atoms with E-state index in [2.05, 4.69) is 4.90 Å². The number of ether oxygens (including phenoxy) is 2. The number of hydrogen-bond donors (Lipinski definition) is 1. The molecule has 1 saturated heterocycles. The number of carboxylic acids is 1. The van der Waals surface area contributed by atoms with E-state index in [1.54, 1.807) is 0 Å². The summed E-state index contributed by atoms with van der Waals surface area (Å²) in [5.74, 6) is -0.0349. The number of nitrogens with zero attached hydrogens (tertiary/aromatic N) is 1. The molecule has 1 heterocycles. The normalized spacial score (nSPS) is 16.5. The first-order valence-electron chi connectivity index (χ1n) is 10.8. The molecular weight excluding hydrogens is 423 g/mol. The molecule has 0 radical (unpaired) electrons. The summed E-state index contributed by atoms with van der Waals surface area (Å²) in [6, 6.07) is 10.4. The number of aliphatic carboxylic acids is 1. The Morgan fingerprint density at radius 2 is 1.56 bits per heavy atom. The molecule has 0 saturated carbocycles. The topological polar surface area (TPSA) is 59.0 Å². The van der Waals surface area contributed by atoms with E-state index in [0.29, 0.717) is 56.2 Å². The highest BCUT2D eigenvalue weighted by Crippen LogP contribution is 2.38. The summed E-state index contributed by atoms with van der Waals surface area (Å²) in [5.41, 5.74) is 0.857. The SMILES string of the molecule is CCOc1ccc(C(c2ccc(C(F)(F)F)cc2)N2CCC(C(=O)O)CC2)cc1OCC. The number of carboxylic acid groups (broad SMARTS) is 1. The van der Waals surface area contributed by atoms with Crippen molar-refractivity contribution in [3.8, 4) is 11.5 Å². The number of hydrogen-bond acceptors (Lipinski definition) is 4. The molecule has 1 fully saturated rings. The van der Waals surface area contributed by atoms with Crippen LogP contribution in [0.4, 0.5) is 13.2 Å². The van der Waals surface area contributed by atoms with Crippen molar-refractivity contribution in [2.45, 2.75) is 38.9 Å². The number of benzene rings is 2. The van der Waals surface area contributed by atoms with Crippen LogP contribution in [0, 0.1) is 5.92 Å². The maximum absolute atomic E-state index is 13.1. The monoisotopic (exact) mass is 451 g/mol. The van der Waals surface area contributed by atoms with Crippen molar-refractivity contribution in [3.05, 3.63) is 59.2 Å². The van der Waals surface area contributed by atoms with Gasteiger partial charge in [0, 0.05) is 0 Å². The van der Waals surface area contributed by atoms with Crippen molar-refractivity contribution in [2.24, 2.45) is 5.92 Å². The molecule has 2 aromatic rings. The first-order valence-corrected chi connectivity index (χ1v) is 10.8. The number of rotatable bonds is 8. The molecule has 1 unspecified atom stereocenters. The second-order valence-electron chi connectivity index (χ2n) is 7.74. The van der Waals surface area contributed by atoms with Crippen molar-refractivity contribution in [1.29, 1.82) is 0 Å². The predicted octanol–water partition coefficient (Wildman–Crippen LogP) is 5.39. The van der Waals surface area contributed by atoms with Crippen molar-refractivity contribution in [1.82, 2.24) is 4.90 Å². The van der Waals surface area contributed by atoms with Gasteiger partial charge in [-0.15, -0.1) is 0 Å². The Labute approximate surface area is 185 Å². The van der Waals surface area contributed by atoms with E-state index in [9.17, 15) is 23.1 Å². The quantitative estimate of drug-likeness (QED) is 0.583. The summed E-state index contributed by atoms with van der Waals surface area (Å²) in [6.07, 6.45) is -3.43. The Morgan fingerprint density at radius 1 is 1.00 bits per heavy atom. The molecule has 1 aliphatic rings. The molecular formula is C24H28F3NO4. The third-order valence-electron chi connectivity index (χ3n) is 5.68. The molecule has 32 heavy (non-hydrogen) atoms. The highest BCUT2D eigenvalue weighted by Gasteiger charge is 2.33. The highest BCUT2D eigenvalue weighted by molar-refractivity contribution is 5.70. The van der Waals surface area contributed by atoms with Crippen molar-refractivity contribution in [2.75, 3.05) is 26.3 Å². The largest absolute Gasteiger partial charge is 0.490 e. The van der Waals surface area contributed by atoms with Gasteiger partial charge in [-0.1, -0.05) is 18.2 Å². The fourth-order valence-corrected chi connectivity index (χ4v) is 4.11. The van der Waals surface area contributed by atoms with Gasteiger partial charge < -0.3 is 14.6 Å². The van der Waals surface area contributed by atoms with Crippen LogP contribution in [0.2, 0.25) is 0 Å². The summed E-state index contributed by atoms with van der Waals surface area (Å²) >= 11 is 0. The van der Waals surface area contributed by atoms with E-state index in [4.69, 9.17) is 9.47 Å². The zero-order valence-corrected chi connectivity index (χ0v) is 18.2. The average Bonchev–Trinajstić information content (AvgIpc) is 2.76. The summed E-state index contributed by atoms with van der Waals surface area (Å²) in [5, 5.41) is 9.32. The second-order valence-corrected chi connectivity index (χ2v) is 7.74. The van der Waals surface area contributed by atoms with Gasteiger partial charge in [-0.25, -0.2) is 0 Å². The summed E-state index contributed by atoms with van der Waals surface area (Å²) in [6.45, 7) is 5.72. The standard InChI is InChI=1S/C24H28F3NO4/c1-3-31-20-10-7-18(15-21(20)32-4-2)22(28-13-11-17(12-14-28)23(29)30)16-5-8-19(9-6-16)24(25,26)27/h5-10,15,17,22H,3-4,11-14H2,1-2H3,(H,29,30). The van der Waals surface area contributed by atoms with Gasteiger partial charge >= 0.3 is 12.1 Å². The lowest BCUT2D eigenvalue weighted by Crippen LogP contribution is -2.39. The first kappa shape index (κ1) is 23.9. The van der Waals surface area contributed by atoms with Crippen LogP contribution < -0.4 is 9.47 Å². The van der Waals surface area contributed by atoms with Gasteiger partial charge in [0.05, 0.1) is 30.7 Å². The molecule has 0 aromatic heterocycles. The summed E-state index contributed by atoms with van der Waals surface area (Å²) in [7, 11) is 0. The molecule has 0 spiro atoms. The van der Waals surface area contributed by atoms with E-state index in [0.717, 1.165) is 17.7 Å². The molecule has 8 heteroatoms. The summed E-state index contributed by atoms with van der Waals surface area (Å²) in [4.78, 5) is 13.5. The number of carbonyl (C=O) groups is 1. The van der Waals surface area contributed by atoms with Gasteiger partial charge in [-0.05, 0) is 75.2 Å². The molecule has 1 atom stereocenters. The van der Waals surface area contributed by atoms with Gasteiger partial charge in [-0.2, -0.15) is 13.2 Å². The van der Waals surface area contributed by atoms with E-state index in [-0.39, 0.29) is 6.04 Å². The van der Waals surface area contributed by atoms with Crippen molar-refractivity contribution < 1.29 is 32.5 Å². The Hall–Kier alpha value is -2.74. The Kier molecular flexibility index (Phi) is 7.66. The lowest BCUT2D eigenvalue weighted by atomic mass is 9.91. The van der Waals surface area contributed by atoms with Crippen molar-refractivity contribution >= 4 is 5.97 Å². The Bertz CT molecular complexity index is 906. The zero-order chi connectivity index (χ0) is 23.3. The Morgan fingerprint density at radius 3 is 2.09 bits per heavy atom. The van der Waals surface area contributed by atoms with Crippen LogP contribution in [0.5, 0.6) is 11.5 Å². The van der Waals surface area contributed by atoms with Crippen LogP contribution in [-0.4, -0.2) is 42.3 Å². The number of alkyl halides is 3. The van der Waals surface area contributed by atoms with Gasteiger partial charge in [0.2, 0.25) is 0 Å². The minimum absolute atomic E-state index is 0.332. The van der Waals surface area contributed by atoms with Gasteiger partial charge in [-0.3, -0.25) is 9.69 Å². The third-order valence-corrected chi connectivity index (χ3v) is 5.68. The number of likely N-dealkylation sites (tertiary alicyclic amines) is 1. The zero-order valence-electron chi connectivity index (χ0n) is 18.2. The second kappa shape index (κ2) is 10.3. The van der Waals surface area contributed by atoms with E-state index >= 15 is 0 Å². The average molecular weight is 451 g/mol. The highest BCUT2D eigenvalue weighted by atomic mass is 19.4. The van der Waals surface area contributed by atoms with Crippen LogP contribution in [0.3, 0.4) is 0 Å². The molecule has 1 N–H and O–H groups in total. The van der Waals surface area contributed by atoms with Crippen LogP contribution in [0.25, 0.3) is 0 Å². The molecule has 1 aliphatic heterocycles. The fraction of sp³-hybridized carbons (Fsp3) is 0.458. The third kappa shape index (κ3) is 5.54. The van der Waals surface area contributed by atoms with E-state index in [1.807, 2.05) is 32.0 Å². The van der Waals surface area contributed by atoms with Crippen LogP contribution in [0.15, 0.2) is 42.5 Å². The smallest absolute Gasteiger partial charge is 0.416 e. The van der Waals surface area contributed by atoms with E-state index in [1.165, 1.54) is 12.1 Å². The predicted molar refractivity (Wildman–Crippen MR) is 114 cm³/mol. The van der Waals surface area contributed by atoms with Gasteiger partial charge in [0.15, 0.2) is 11.5 Å². The minimum Gasteiger partial charge on any atom is -0.490 e. The molecule has 5 nitrogen and oxygen atoms in total. The first-order chi connectivity index (χ1) is 15.2. The molecule has 0 amide bonds. The lowest BCUT2D eigenvalue weighted by molar-refractivity contribution is -0.143. The maximum Gasteiger partial charge on any atom is 0.416 e. The molecule has 0 aliphatic carbocycles. The fourth-order valence-electron chi connectivity index (χ4n) is 4.11. The van der Waals surface area contributed by atoms with Gasteiger partial charge in [0.25, 0.3) is 0 Å². The lowest BCUT2D eigenvalue weighted by Gasteiger charge is -2.37. The van der Waals surface area contributed by atoms with E-state index < -0.39 is 23.6 Å². The van der Waals surface area contributed by atoms with Gasteiger partial charge in [0.1, 0.15) is 0 Å². The minimum atomic E-state index is -4.41. The Balaban J connectivity index is 1.99. The number of halogens is 3.